The van der Waals surface area contributed by atoms with Gasteiger partial charge in [-0.1, -0.05) is 23.7 Å². The van der Waals surface area contributed by atoms with Crippen LogP contribution in [0.25, 0.3) is 22.3 Å². The van der Waals surface area contributed by atoms with E-state index in [0.717, 1.165) is 32.6 Å². The minimum atomic E-state index is 0.698. The number of aryl methyl sites for hydroxylation is 1. The van der Waals surface area contributed by atoms with E-state index >= 15 is 0 Å². The summed E-state index contributed by atoms with van der Waals surface area (Å²) in [6, 6.07) is 7.67. The fourth-order valence-corrected chi connectivity index (χ4v) is 2.63. The molecule has 0 saturated carbocycles. The Balaban J connectivity index is 2.37. The van der Waals surface area contributed by atoms with E-state index in [9.17, 15) is 0 Å². The Morgan fingerprint density at radius 2 is 2.11 bits per heavy atom. The van der Waals surface area contributed by atoms with Crippen LogP contribution < -0.4 is 0 Å². The van der Waals surface area contributed by atoms with Gasteiger partial charge in [-0.05, 0) is 35.0 Å². The average molecular weight is 323 g/mol. The van der Waals surface area contributed by atoms with Crippen molar-refractivity contribution in [2.75, 3.05) is 0 Å². The van der Waals surface area contributed by atoms with Crippen molar-refractivity contribution in [2.24, 2.45) is 0 Å². The molecule has 0 atom stereocenters. The van der Waals surface area contributed by atoms with Gasteiger partial charge in [0.2, 0.25) is 0 Å². The minimum Gasteiger partial charge on any atom is -0.345 e. The number of H-pyrrole nitrogens is 1. The summed E-state index contributed by atoms with van der Waals surface area (Å²) in [5.74, 6) is 0.729. The Morgan fingerprint density at radius 1 is 1.28 bits per heavy atom. The number of hydrogen-bond acceptors (Lipinski definition) is 2. The number of halogens is 2. The van der Waals surface area contributed by atoms with Crippen molar-refractivity contribution in [2.45, 2.75) is 6.92 Å². The lowest BCUT2D eigenvalue weighted by Gasteiger charge is -2.05. The predicted molar refractivity (Wildman–Crippen MR) is 76.8 cm³/mol. The van der Waals surface area contributed by atoms with E-state index < -0.39 is 0 Å². The van der Waals surface area contributed by atoms with Crippen LogP contribution in [0.1, 0.15) is 5.82 Å². The van der Waals surface area contributed by atoms with Gasteiger partial charge in [0.25, 0.3) is 0 Å². The van der Waals surface area contributed by atoms with E-state index in [1.165, 1.54) is 0 Å². The second-order valence-electron chi connectivity index (χ2n) is 3.99. The number of rotatable bonds is 1. The molecule has 0 radical (unpaired) electrons. The highest BCUT2D eigenvalue weighted by atomic mass is 79.9. The molecule has 5 heteroatoms. The quantitative estimate of drug-likeness (QED) is 0.723. The zero-order valence-corrected chi connectivity index (χ0v) is 11.9. The molecule has 3 nitrogen and oxygen atoms in total. The van der Waals surface area contributed by atoms with Crippen LogP contribution in [-0.4, -0.2) is 15.0 Å². The van der Waals surface area contributed by atoms with Gasteiger partial charge in [0, 0.05) is 21.3 Å². The van der Waals surface area contributed by atoms with Crippen molar-refractivity contribution in [1.82, 2.24) is 15.0 Å². The van der Waals surface area contributed by atoms with Crippen molar-refractivity contribution < 1.29 is 0 Å². The molecule has 1 N–H and O–H groups in total. The van der Waals surface area contributed by atoms with Crippen LogP contribution in [0.3, 0.4) is 0 Å². The summed E-state index contributed by atoms with van der Waals surface area (Å²) in [4.78, 5) is 12.0. The van der Waals surface area contributed by atoms with Crippen LogP contribution in [0, 0.1) is 6.92 Å². The van der Waals surface area contributed by atoms with E-state index in [1.807, 2.05) is 37.4 Å². The van der Waals surface area contributed by atoms with E-state index in [1.54, 1.807) is 0 Å². The normalized spacial score (nSPS) is 11.1. The molecular formula is C13H9BrClN3. The monoisotopic (exact) mass is 321 g/mol. The largest absolute Gasteiger partial charge is 0.345 e. The molecule has 1 aromatic carbocycles. The van der Waals surface area contributed by atoms with Crippen LogP contribution in [0.4, 0.5) is 0 Å². The van der Waals surface area contributed by atoms with Gasteiger partial charge in [0.05, 0.1) is 11.1 Å². The van der Waals surface area contributed by atoms with Crippen molar-refractivity contribution >= 4 is 38.6 Å². The summed E-state index contributed by atoms with van der Waals surface area (Å²) in [5.41, 5.74) is 2.69. The third kappa shape index (κ3) is 1.91. The maximum absolute atomic E-state index is 6.04. The topological polar surface area (TPSA) is 41.6 Å². The smallest absolute Gasteiger partial charge is 0.142 e. The number of benzene rings is 1. The summed E-state index contributed by atoms with van der Waals surface area (Å²) in [5, 5.41) is 1.67. The SMILES string of the molecule is Cc1nc(-c2cccc(Cl)c2)c2c(Br)c[nH]c2n1. The van der Waals surface area contributed by atoms with Gasteiger partial charge in [0.1, 0.15) is 11.5 Å². The number of nitrogens with zero attached hydrogens (tertiary/aromatic N) is 2. The highest BCUT2D eigenvalue weighted by Crippen LogP contribution is 2.32. The first-order chi connectivity index (χ1) is 8.65. The Bertz CT molecular complexity index is 736. The highest BCUT2D eigenvalue weighted by molar-refractivity contribution is 9.10. The third-order valence-electron chi connectivity index (χ3n) is 2.69. The molecule has 0 fully saturated rings. The standard InChI is InChI=1S/C13H9BrClN3/c1-7-17-12(8-3-2-4-9(15)5-8)11-10(14)6-16-13(11)18-7/h2-6H,1H3,(H,16,17,18). The molecule has 2 heterocycles. The van der Waals surface area contributed by atoms with Gasteiger partial charge in [-0.15, -0.1) is 0 Å². The van der Waals surface area contributed by atoms with Gasteiger partial charge in [-0.2, -0.15) is 0 Å². The van der Waals surface area contributed by atoms with E-state index in [-0.39, 0.29) is 0 Å². The maximum Gasteiger partial charge on any atom is 0.142 e. The Labute approximate surface area is 117 Å². The molecule has 0 amide bonds. The molecule has 0 saturated heterocycles. The molecule has 0 bridgehead atoms. The minimum absolute atomic E-state index is 0.698. The van der Waals surface area contributed by atoms with E-state index in [2.05, 4.69) is 30.9 Å². The van der Waals surface area contributed by atoms with Gasteiger partial charge in [-0.25, -0.2) is 9.97 Å². The van der Waals surface area contributed by atoms with Crippen LogP contribution >= 0.6 is 27.5 Å². The molecule has 3 aromatic rings. The fourth-order valence-electron chi connectivity index (χ4n) is 1.95. The molecule has 18 heavy (non-hydrogen) atoms. The maximum atomic E-state index is 6.04. The van der Waals surface area contributed by atoms with Crippen LogP contribution in [0.15, 0.2) is 34.9 Å². The molecule has 0 aliphatic rings. The molecular weight excluding hydrogens is 314 g/mol. The van der Waals surface area contributed by atoms with Crippen molar-refractivity contribution in [1.29, 1.82) is 0 Å². The summed E-state index contributed by atoms with van der Waals surface area (Å²) < 4.78 is 0.951. The van der Waals surface area contributed by atoms with Crippen molar-refractivity contribution in [3.63, 3.8) is 0 Å². The van der Waals surface area contributed by atoms with Crippen molar-refractivity contribution in [3.05, 3.63) is 45.8 Å². The first-order valence-electron chi connectivity index (χ1n) is 5.42. The summed E-state index contributed by atoms with van der Waals surface area (Å²) in [7, 11) is 0. The second-order valence-corrected chi connectivity index (χ2v) is 5.28. The third-order valence-corrected chi connectivity index (χ3v) is 3.55. The number of aromatic nitrogens is 3. The first-order valence-corrected chi connectivity index (χ1v) is 6.59. The summed E-state index contributed by atoms with van der Waals surface area (Å²) in [6.45, 7) is 1.88. The Hall–Kier alpha value is -1.39. The van der Waals surface area contributed by atoms with Gasteiger partial charge >= 0.3 is 0 Å². The lowest BCUT2D eigenvalue weighted by Crippen LogP contribution is -1.93. The zero-order valence-electron chi connectivity index (χ0n) is 9.54. The Morgan fingerprint density at radius 3 is 2.89 bits per heavy atom. The van der Waals surface area contributed by atoms with Gasteiger partial charge < -0.3 is 4.98 Å². The second kappa shape index (κ2) is 4.37. The van der Waals surface area contributed by atoms with Crippen LogP contribution in [0.5, 0.6) is 0 Å². The van der Waals surface area contributed by atoms with Crippen LogP contribution in [-0.2, 0) is 0 Å². The summed E-state index contributed by atoms with van der Waals surface area (Å²) in [6.07, 6.45) is 1.87. The lowest BCUT2D eigenvalue weighted by molar-refractivity contribution is 1.08. The number of nitrogens with one attached hydrogen (secondary N) is 1. The molecule has 0 spiro atoms. The number of fused-ring (bicyclic) bond motifs is 1. The summed E-state index contributed by atoms with van der Waals surface area (Å²) >= 11 is 9.55. The number of hydrogen-bond donors (Lipinski definition) is 1. The molecule has 0 unspecified atom stereocenters. The first kappa shape index (κ1) is 11.7. The molecule has 0 aliphatic heterocycles. The lowest BCUT2D eigenvalue weighted by atomic mass is 10.1. The highest BCUT2D eigenvalue weighted by Gasteiger charge is 2.12. The molecule has 0 aliphatic carbocycles. The van der Waals surface area contributed by atoms with Crippen molar-refractivity contribution in [3.8, 4) is 11.3 Å². The van der Waals surface area contributed by atoms with E-state index in [0.29, 0.717) is 5.02 Å². The van der Waals surface area contributed by atoms with Gasteiger partial charge in [-0.3, -0.25) is 0 Å². The molecule has 3 rings (SSSR count). The predicted octanol–water partition coefficient (Wildman–Crippen LogP) is 4.35. The average Bonchev–Trinajstić information content (AvgIpc) is 2.70. The zero-order chi connectivity index (χ0) is 12.7. The Kier molecular flexibility index (Phi) is 2.84. The van der Waals surface area contributed by atoms with E-state index in [4.69, 9.17) is 11.6 Å². The molecule has 90 valence electrons. The molecule has 2 aromatic heterocycles. The fraction of sp³-hybridized carbons (Fsp3) is 0.0769. The number of aromatic amines is 1. The van der Waals surface area contributed by atoms with Crippen LogP contribution in [0.2, 0.25) is 5.02 Å². The van der Waals surface area contributed by atoms with Gasteiger partial charge in [0.15, 0.2) is 0 Å².